The topological polar surface area (TPSA) is 38.5 Å². The Morgan fingerprint density at radius 1 is 1.40 bits per heavy atom. The van der Waals surface area contributed by atoms with Gasteiger partial charge in [0.05, 0.1) is 7.11 Å². The Labute approximate surface area is 124 Å². The van der Waals surface area contributed by atoms with Crippen LogP contribution in [0.1, 0.15) is 24.4 Å². The van der Waals surface area contributed by atoms with Gasteiger partial charge in [0, 0.05) is 23.9 Å². The van der Waals surface area contributed by atoms with Crippen molar-refractivity contribution in [1.82, 2.24) is 4.90 Å². The third-order valence-corrected chi connectivity index (χ3v) is 4.72. The Balaban J connectivity index is 1.95. The van der Waals surface area contributed by atoms with Gasteiger partial charge < -0.3 is 15.4 Å². The number of ether oxygens (including phenoxy) is 1. The van der Waals surface area contributed by atoms with Crippen LogP contribution in [0.2, 0.25) is 0 Å². The summed E-state index contributed by atoms with van der Waals surface area (Å²) < 4.78 is 19.2. The number of rotatable bonds is 5. The van der Waals surface area contributed by atoms with Crippen molar-refractivity contribution >= 4 is 11.8 Å². The van der Waals surface area contributed by atoms with E-state index in [1.165, 1.54) is 24.0 Å². The zero-order valence-electron chi connectivity index (χ0n) is 12.0. The van der Waals surface area contributed by atoms with Crippen LogP contribution >= 0.6 is 11.8 Å². The van der Waals surface area contributed by atoms with Crippen LogP contribution in [0.5, 0.6) is 5.75 Å². The van der Waals surface area contributed by atoms with Crippen molar-refractivity contribution in [3.05, 3.63) is 29.6 Å². The number of methoxy groups -OCH3 is 1. The van der Waals surface area contributed by atoms with Gasteiger partial charge in [-0.2, -0.15) is 11.8 Å². The fourth-order valence-electron chi connectivity index (χ4n) is 2.54. The molecule has 5 heteroatoms. The Kier molecular flexibility index (Phi) is 6.13. The quantitative estimate of drug-likeness (QED) is 0.907. The van der Waals surface area contributed by atoms with Gasteiger partial charge in [0.15, 0.2) is 0 Å². The molecule has 1 fully saturated rings. The molecule has 2 rings (SSSR count). The van der Waals surface area contributed by atoms with E-state index >= 15 is 0 Å². The number of halogens is 1. The van der Waals surface area contributed by atoms with Crippen LogP contribution in [0, 0.1) is 5.82 Å². The molecule has 0 amide bonds. The number of benzene rings is 1. The monoisotopic (exact) mass is 298 g/mol. The normalized spacial score (nSPS) is 18.6. The first kappa shape index (κ1) is 15.6. The van der Waals surface area contributed by atoms with Gasteiger partial charge >= 0.3 is 0 Å². The molecule has 0 aromatic heterocycles. The van der Waals surface area contributed by atoms with Crippen LogP contribution in [0.4, 0.5) is 4.39 Å². The molecule has 1 heterocycles. The lowest BCUT2D eigenvalue weighted by Crippen LogP contribution is -2.29. The van der Waals surface area contributed by atoms with Gasteiger partial charge in [-0.25, -0.2) is 4.39 Å². The number of nitrogens with zero attached hydrogens (tertiary/aromatic N) is 1. The molecule has 2 N–H and O–H groups in total. The SMILES string of the molecule is COc1cccc(F)c1C(N)CCN1CCCSCC1. The van der Waals surface area contributed by atoms with Crippen molar-refractivity contribution in [3.63, 3.8) is 0 Å². The summed E-state index contributed by atoms with van der Waals surface area (Å²) in [4.78, 5) is 2.42. The average molecular weight is 298 g/mol. The lowest BCUT2D eigenvalue weighted by Gasteiger charge is -2.22. The van der Waals surface area contributed by atoms with Crippen molar-refractivity contribution in [2.45, 2.75) is 18.9 Å². The molecule has 1 saturated heterocycles. The number of hydrogen-bond donors (Lipinski definition) is 1. The fraction of sp³-hybridized carbons (Fsp3) is 0.600. The molecule has 0 radical (unpaired) electrons. The van der Waals surface area contributed by atoms with Gasteiger partial charge in [-0.05, 0) is 43.8 Å². The molecule has 1 aromatic rings. The fourth-order valence-corrected chi connectivity index (χ4v) is 3.47. The first-order chi connectivity index (χ1) is 9.72. The van der Waals surface area contributed by atoms with Crippen LogP contribution < -0.4 is 10.5 Å². The highest BCUT2D eigenvalue weighted by atomic mass is 32.2. The molecule has 20 heavy (non-hydrogen) atoms. The van der Waals surface area contributed by atoms with Gasteiger partial charge in [-0.15, -0.1) is 0 Å². The van der Waals surface area contributed by atoms with E-state index in [2.05, 4.69) is 4.90 Å². The van der Waals surface area contributed by atoms with E-state index in [9.17, 15) is 4.39 Å². The summed E-state index contributed by atoms with van der Waals surface area (Å²) in [6.45, 7) is 3.14. The van der Waals surface area contributed by atoms with Crippen molar-refractivity contribution < 1.29 is 9.13 Å². The first-order valence-corrected chi connectivity index (χ1v) is 8.26. The van der Waals surface area contributed by atoms with Crippen molar-refractivity contribution in [3.8, 4) is 5.75 Å². The summed E-state index contributed by atoms with van der Waals surface area (Å²) in [5.41, 5.74) is 6.68. The van der Waals surface area contributed by atoms with Crippen LogP contribution in [0.15, 0.2) is 18.2 Å². The molecule has 1 aromatic carbocycles. The van der Waals surface area contributed by atoms with Gasteiger partial charge in [0.1, 0.15) is 11.6 Å². The minimum Gasteiger partial charge on any atom is -0.496 e. The Morgan fingerprint density at radius 2 is 2.25 bits per heavy atom. The minimum atomic E-state index is -0.318. The first-order valence-electron chi connectivity index (χ1n) is 7.10. The highest BCUT2D eigenvalue weighted by Crippen LogP contribution is 2.28. The smallest absolute Gasteiger partial charge is 0.131 e. The minimum absolute atomic E-state index is 0.275. The van der Waals surface area contributed by atoms with Gasteiger partial charge in [0.25, 0.3) is 0 Å². The summed E-state index contributed by atoms with van der Waals surface area (Å²) in [5.74, 6) is 2.69. The second-order valence-corrected chi connectivity index (χ2v) is 6.28. The highest BCUT2D eigenvalue weighted by molar-refractivity contribution is 7.99. The lowest BCUT2D eigenvalue weighted by molar-refractivity contribution is 0.281. The Morgan fingerprint density at radius 3 is 3.05 bits per heavy atom. The average Bonchev–Trinajstić information content (AvgIpc) is 2.73. The molecule has 0 saturated carbocycles. The largest absolute Gasteiger partial charge is 0.496 e. The molecule has 1 aliphatic heterocycles. The van der Waals surface area contributed by atoms with Crippen LogP contribution in [-0.4, -0.2) is 43.1 Å². The third kappa shape index (κ3) is 4.11. The predicted molar refractivity (Wildman–Crippen MR) is 82.9 cm³/mol. The lowest BCUT2D eigenvalue weighted by atomic mass is 10.0. The molecule has 0 spiro atoms. The second-order valence-electron chi connectivity index (χ2n) is 5.06. The van der Waals surface area contributed by atoms with Crippen molar-refractivity contribution in [2.75, 3.05) is 38.2 Å². The Hall–Kier alpha value is -0.780. The van der Waals surface area contributed by atoms with E-state index in [1.807, 2.05) is 11.8 Å². The zero-order chi connectivity index (χ0) is 14.4. The third-order valence-electron chi connectivity index (χ3n) is 3.67. The molecular formula is C15H23FN2OS. The molecule has 112 valence electrons. The van der Waals surface area contributed by atoms with E-state index in [4.69, 9.17) is 10.5 Å². The van der Waals surface area contributed by atoms with E-state index in [0.29, 0.717) is 11.3 Å². The summed E-state index contributed by atoms with van der Waals surface area (Å²) in [6.07, 6.45) is 1.98. The summed E-state index contributed by atoms with van der Waals surface area (Å²) in [6, 6.07) is 4.54. The standard InChI is InChI=1S/C15H23FN2OS/c1-19-14-5-2-4-12(16)15(14)13(17)6-8-18-7-3-10-20-11-9-18/h2,4-5,13H,3,6-11,17H2,1H3. The zero-order valence-corrected chi connectivity index (χ0v) is 12.8. The van der Waals surface area contributed by atoms with Crippen molar-refractivity contribution in [1.29, 1.82) is 0 Å². The summed E-state index contributed by atoms with van der Waals surface area (Å²) >= 11 is 2.01. The molecule has 1 aliphatic rings. The number of thioether (sulfide) groups is 1. The van der Waals surface area contributed by atoms with Crippen molar-refractivity contribution in [2.24, 2.45) is 5.73 Å². The molecular weight excluding hydrogens is 275 g/mol. The maximum atomic E-state index is 13.9. The Bertz CT molecular complexity index is 422. The van der Waals surface area contributed by atoms with Gasteiger partial charge in [-0.3, -0.25) is 0 Å². The maximum absolute atomic E-state index is 13.9. The molecule has 3 nitrogen and oxygen atoms in total. The van der Waals surface area contributed by atoms with E-state index in [0.717, 1.165) is 26.1 Å². The van der Waals surface area contributed by atoms with Crippen LogP contribution in [0.25, 0.3) is 0 Å². The second kappa shape index (κ2) is 7.86. The van der Waals surface area contributed by atoms with Gasteiger partial charge in [0.2, 0.25) is 0 Å². The molecule has 1 unspecified atom stereocenters. The molecule has 1 atom stereocenters. The van der Waals surface area contributed by atoms with E-state index in [-0.39, 0.29) is 11.9 Å². The summed E-state index contributed by atoms with van der Waals surface area (Å²) in [5, 5.41) is 0. The van der Waals surface area contributed by atoms with Crippen LogP contribution in [-0.2, 0) is 0 Å². The highest BCUT2D eigenvalue weighted by Gasteiger charge is 2.18. The van der Waals surface area contributed by atoms with Crippen LogP contribution in [0.3, 0.4) is 0 Å². The van der Waals surface area contributed by atoms with E-state index in [1.54, 1.807) is 19.2 Å². The predicted octanol–water partition coefficient (Wildman–Crippen LogP) is 2.66. The van der Waals surface area contributed by atoms with Gasteiger partial charge in [-0.1, -0.05) is 6.07 Å². The summed E-state index contributed by atoms with van der Waals surface area (Å²) in [7, 11) is 1.55. The number of hydrogen-bond acceptors (Lipinski definition) is 4. The number of nitrogens with two attached hydrogens (primary N) is 1. The molecule has 0 aliphatic carbocycles. The maximum Gasteiger partial charge on any atom is 0.131 e. The van der Waals surface area contributed by atoms with E-state index < -0.39 is 0 Å². The molecule has 0 bridgehead atoms.